The van der Waals surface area contributed by atoms with Crippen LogP contribution in [0, 0.1) is 6.92 Å². The van der Waals surface area contributed by atoms with E-state index in [4.69, 9.17) is 0 Å². The van der Waals surface area contributed by atoms with Gasteiger partial charge < -0.3 is 4.57 Å². The van der Waals surface area contributed by atoms with Crippen molar-refractivity contribution < 1.29 is 0 Å². The molecule has 2 aromatic carbocycles. The van der Waals surface area contributed by atoms with Gasteiger partial charge in [-0.05, 0) is 72.2 Å². The molecule has 3 aromatic rings. The van der Waals surface area contributed by atoms with E-state index in [-0.39, 0.29) is 0 Å². The van der Waals surface area contributed by atoms with E-state index >= 15 is 0 Å². The van der Waals surface area contributed by atoms with Crippen LogP contribution >= 0.6 is 0 Å². The van der Waals surface area contributed by atoms with Crippen molar-refractivity contribution in [1.29, 1.82) is 0 Å². The van der Waals surface area contributed by atoms with Gasteiger partial charge in [0, 0.05) is 29.6 Å². The van der Waals surface area contributed by atoms with Crippen LogP contribution in [0.2, 0.25) is 0 Å². The first-order chi connectivity index (χ1) is 12.1. The van der Waals surface area contributed by atoms with E-state index in [0.29, 0.717) is 5.92 Å². The zero-order valence-electron chi connectivity index (χ0n) is 15.6. The number of aromatic nitrogens is 1. The van der Waals surface area contributed by atoms with Gasteiger partial charge in [0.25, 0.3) is 0 Å². The minimum absolute atomic E-state index is 0.418. The Labute approximate surface area is 151 Å². The molecule has 25 heavy (non-hydrogen) atoms. The maximum absolute atomic E-state index is 4.47. The lowest BCUT2D eigenvalue weighted by Crippen LogP contribution is -1.97. The summed E-state index contributed by atoms with van der Waals surface area (Å²) in [6.45, 7) is 8.89. The first-order valence-corrected chi connectivity index (χ1v) is 9.45. The first kappa shape index (κ1) is 16.2. The zero-order valence-corrected chi connectivity index (χ0v) is 15.6. The molecule has 0 spiro atoms. The lowest BCUT2D eigenvalue weighted by molar-refractivity contribution is 0.794. The molecule has 0 fully saturated rings. The number of hydrogen-bond donors (Lipinski definition) is 0. The number of nitrogens with zero attached hydrogens (tertiary/aromatic N) is 1. The van der Waals surface area contributed by atoms with Gasteiger partial charge in [0.05, 0.1) is 0 Å². The Morgan fingerprint density at radius 1 is 1.12 bits per heavy atom. The molecule has 1 heterocycles. The number of allylic oxidation sites excluding steroid dienone is 1. The molecule has 1 atom stereocenters. The maximum Gasteiger partial charge on any atom is 0.0479 e. The van der Waals surface area contributed by atoms with Crippen molar-refractivity contribution in [3.63, 3.8) is 0 Å². The SMILES string of the molecule is C=C1c2cc(CCCC)ccc2CC1c1ccc2c(c1)cc(C)n2C. The van der Waals surface area contributed by atoms with E-state index < -0.39 is 0 Å². The number of rotatable bonds is 4. The van der Waals surface area contributed by atoms with Gasteiger partial charge in [0.2, 0.25) is 0 Å². The molecule has 4 rings (SSSR count). The van der Waals surface area contributed by atoms with E-state index in [9.17, 15) is 0 Å². The normalized spacial score (nSPS) is 16.6. The second-order valence-electron chi connectivity index (χ2n) is 7.54. The van der Waals surface area contributed by atoms with Crippen molar-refractivity contribution in [2.75, 3.05) is 0 Å². The number of aryl methyl sites for hydroxylation is 3. The van der Waals surface area contributed by atoms with Crippen LogP contribution in [-0.4, -0.2) is 4.57 Å². The summed E-state index contributed by atoms with van der Waals surface area (Å²) in [5, 5.41) is 1.34. The minimum atomic E-state index is 0.418. The predicted octanol–water partition coefficient (Wildman–Crippen LogP) is 6.18. The van der Waals surface area contributed by atoms with Crippen LogP contribution in [0.5, 0.6) is 0 Å². The highest BCUT2D eigenvalue weighted by Gasteiger charge is 2.27. The molecule has 128 valence electrons. The molecule has 0 saturated heterocycles. The van der Waals surface area contributed by atoms with Crippen molar-refractivity contribution in [3.8, 4) is 0 Å². The van der Waals surface area contributed by atoms with Crippen LogP contribution in [0.1, 0.15) is 53.6 Å². The molecule has 1 aromatic heterocycles. The summed E-state index contributed by atoms with van der Waals surface area (Å²) in [6.07, 6.45) is 4.77. The summed E-state index contributed by atoms with van der Waals surface area (Å²) in [5.74, 6) is 0.418. The fourth-order valence-electron chi connectivity index (χ4n) is 4.21. The summed E-state index contributed by atoms with van der Waals surface area (Å²) in [5.41, 5.74) is 9.61. The minimum Gasteiger partial charge on any atom is -0.348 e. The van der Waals surface area contributed by atoms with E-state index in [1.54, 1.807) is 0 Å². The molecule has 1 aliphatic rings. The summed E-state index contributed by atoms with van der Waals surface area (Å²) in [6, 6.07) is 16.2. The Hall–Kier alpha value is -2.28. The Morgan fingerprint density at radius 3 is 2.76 bits per heavy atom. The Kier molecular flexibility index (Phi) is 4.03. The number of fused-ring (bicyclic) bond motifs is 2. The largest absolute Gasteiger partial charge is 0.348 e. The summed E-state index contributed by atoms with van der Waals surface area (Å²) < 4.78 is 2.26. The lowest BCUT2D eigenvalue weighted by atomic mass is 9.92. The summed E-state index contributed by atoms with van der Waals surface area (Å²) >= 11 is 0. The molecule has 1 heteroatoms. The van der Waals surface area contributed by atoms with Crippen LogP contribution in [-0.2, 0) is 19.9 Å². The Balaban J connectivity index is 1.67. The highest BCUT2D eigenvalue weighted by Crippen LogP contribution is 2.43. The summed E-state index contributed by atoms with van der Waals surface area (Å²) in [4.78, 5) is 0. The van der Waals surface area contributed by atoms with Gasteiger partial charge in [-0.15, -0.1) is 0 Å². The summed E-state index contributed by atoms with van der Waals surface area (Å²) in [7, 11) is 2.14. The van der Waals surface area contributed by atoms with Gasteiger partial charge in [-0.3, -0.25) is 0 Å². The second-order valence-corrected chi connectivity index (χ2v) is 7.54. The third-order valence-corrected chi connectivity index (χ3v) is 5.89. The molecule has 0 aliphatic heterocycles. The van der Waals surface area contributed by atoms with Crippen LogP contribution < -0.4 is 0 Å². The third-order valence-electron chi connectivity index (χ3n) is 5.89. The highest BCUT2D eigenvalue weighted by atomic mass is 14.9. The van der Waals surface area contributed by atoms with Crippen molar-refractivity contribution in [3.05, 3.63) is 77.0 Å². The van der Waals surface area contributed by atoms with E-state index in [1.807, 2.05) is 0 Å². The smallest absolute Gasteiger partial charge is 0.0479 e. The van der Waals surface area contributed by atoms with Crippen molar-refractivity contribution in [2.45, 2.75) is 45.4 Å². The molecule has 1 nitrogen and oxygen atoms in total. The molecule has 0 bridgehead atoms. The second kappa shape index (κ2) is 6.22. The van der Waals surface area contributed by atoms with Crippen LogP contribution in [0.4, 0.5) is 0 Å². The van der Waals surface area contributed by atoms with Gasteiger partial charge in [0.1, 0.15) is 0 Å². The Morgan fingerprint density at radius 2 is 1.96 bits per heavy atom. The van der Waals surface area contributed by atoms with E-state index in [1.165, 1.54) is 63.7 Å². The number of hydrogen-bond acceptors (Lipinski definition) is 0. The zero-order chi connectivity index (χ0) is 17.6. The lowest BCUT2D eigenvalue weighted by Gasteiger charge is -2.12. The van der Waals surface area contributed by atoms with Gasteiger partial charge >= 0.3 is 0 Å². The van der Waals surface area contributed by atoms with E-state index in [0.717, 1.165) is 6.42 Å². The molecule has 0 amide bonds. The fourth-order valence-corrected chi connectivity index (χ4v) is 4.21. The molecule has 0 radical (unpaired) electrons. The molecule has 1 aliphatic carbocycles. The average Bonchev–Trinajstić information content (AvgIpc) is 3.10. The fraction of sp³-hybridized carbons (Fsp3) is 0.333. The maximum atomic E-state index is 4.47. The van der Waals surface area contributed by atoms with Crippen molar-refractivity contribution >= 4 is 16.5 Å². The average molecular weight is 329 g/mol. The number of benzene rings is 2. The van der Waals surface area contributed by atoms with Crippen LogP contribution in [0.25, 0.3) is 16.5 Å². The quantitative estimate of drug-likeness (QED) is 0.538. The van der Waals surface area contributed by atoms with Gasteiger partial charge in [-0.2, -0.15) is 0 Å². The van der Waals surface area contributed by atoms with Gasteiger partial charge in [-0.1, -0.05) is 44.2 Å². The van der Waals surface area contributed by atoms with Crippen molar-refractivity contribution in [1.82, 2.24) is 4.57 Å². The van der Waals surface area contributed by atoms with Crippen LogP contribution in [0.3, 0.4) is 0 Å². The topological polar surface area (TPSA) is 4.93 Å². The van der Waals surface area contributed by atoms with Crippen molar-refractivity contribution in [2.24, 2.45) is 7.05 Å². The molecular formula is C24H27N. The molecule has 1 unspecified atom stereocenters. The predicted molar refractivity (Wildman–Crippen MR) is 108 cm³/mol. The van der Waals surface area contributed by atoms with E-state index in [2.05, 4.69) is 74.5 Å². The molecule has 0 N–H and O–H groups in total. The monoisotopic (exact) mass is 329 g/mol. The first-order valence-electron chi connectivity index (χ1n) is 9.45. The highest BCUT2D eigenvalue weighted by molar-refractivity contribution is 5.84. The molecular weight excluding hydrogens is 302 g/mol. The van der Waals surface area contributed by atoms with Gasteiger partial charge in [-0.25, -0.2) is 0 Å². The number of unbranched alkanes of at least 4 members (excludes halogenated alkanes) is 1. The molecule has 0 saturated carbocycles. The van der Waals surface area contributed by atoms with Crippen LogP contribution in [0.15, 0.2) is 49.0 Å². The Bertz CT molecular complexity index is 958. The standard InChI is InChI=1S/C24H27N/c1-5-6-7-18-8-9-20-15-23(17(3)22(20)13-18)19-10-11-24-21(14-19)12-16(2)25(24)4/h8-14,23H,3,5-7,15H2,1-2,4H3. The third kappa shape index (κ3) is 2.72. The van der Waals surface area contributed by atoms with Gasteiger partial charge in [0.15, 0.2) is 0 Å².